The van der Waals surface area contributed by atoms with E-state index in [1.165, 1.54) is 20.8 Å². The molecule has 4 rings (SSSR count). The number of nitrogens with zero attached hydrogens (tertiary/aromatic N) is 2. The molecule has 1 atom stereocenters. The number of aryl methyl sites for hydroxylation is 1. The van der Waals surface area contributed by atoms with Crippen molar-refractivity contribution in [3.8, 4) is 11.5 Å². The second kappa shape index (κ2) is 10.6. The molecule has 10 heteroatoms. The van der Waals surface area contributed by atoms with E-state index in [-0.39, 0.29) is 48.8 Å². The van der Waals surface area contributed by atoms with Gasteiger partial charge >= 0.3 is 11.9 Å². The Balaban J connectivity index is 1.64. The highest BCUT2D eigenvalue weighted by Gasteiger charge is 2.49. The van der Waals surface area contributed by atoms with Crippen LogP contribution in [-0.4, -0.2) is 27.2 Å². The highest BCUT2D eigenvalue weighted by molar-refractivity contribution is 6.31. The van der Waals surface area contributed by atoms with E-state index >= 15 is 0 Å². The van der Waals surface area contributed by atoms with Gasteiger partial charge in [0.25, 0.3) is 0 Å². The Bertz CT molecular complexity index is 1340. The third-order valence-electron chi connectivity index (χ3n) is 6.90. The SMILES string of the molecule is Cc1ccc(CC(=O)C[C@H](CCC(=O)O)c2noc(-c3cc(C(F)(F)C(C)(C)C)on3)c2C2CC2)c(Cl)c1. The summed E-state index contributed by atoms with van der Waals surface area (Å²) >= 11 is 6.31. The molecule has 1 aromatic carbocycles. The summed E-state index contributed by atoms with van der Waals surface area (Å²) in [5.74, 6) is -5.21. The number of carbonyl (C=O) groups excluding carboxylic acids is 1. The molecule has 204 valence electrons. The molecule has 2 aromatic heterocycles. The van der Waals surface area contributed by atoms with Gasteiger partial charge < -0.3 is 14.2 Å². The maximum atomic E-state index is 14.9. The van der Waals surface area contributed by atoms with Crippen LogP contribution in [0.3, 0.4) is 0 Å². The van der Waals surface area contributed by atoms with E-state index in [0.29, 0.717) is 21.8 Å². The van der Waals surface area contributed by atoms with Crippen molar-refractivity contribution in [2.45, 2.75) is 84.0 Å². The van der Waals surface area contributed by atoms with Crippen LogP contribution in [0.15, 0.2) is 33.3 Å². The number of ketones is 1. The lowest BCUT2D eigenvalue weighted by atomic mass is 9.86. The summed E-state index contributed by atoms with van der Waals surface area (Å²) in [4.78, 5) is 24.5. The van der Waals surface area contributed by atoms with Gasteiger partial charge in [0.05, 0.1) is 5.69 Å². The van der Waals surface area contributed by atoms with Crippen molar-refractivity contribution in [2.75, 3.05) is 0 Å². The Morgan fingerprint density at radius 3 is 2.47 bits per heavy atom. The van der Waals surface area contributed by atoms with Gasteiger partial charge in [-0.15, -0.1) is 0 Å². The maximum Gasteiger partial charge on any atom is 0.312 e. The summed E-state index contributed by atoms with van der Waals surface area (Å²) < 4.78 is 40.4. The summed E-state index contributed by atoms with van der Waals surface area (Å²) in [5, 5.41) is 17.9. The number of aliphatic carboxylic acids is 1. The Labute approximate surface area is 224 Å². The van der Waals surface area contributed by atoms with E-state index in [2.05, 4.69) is 10.3 Å². The molecule has 0 bridgehead atoms. The standard InChI is InChI=1S/C28H31ClF2N2O5/c1-15-5-6-17(20(29)11-15)12-19(34)13-18(9-10-23(35)36)25-24(16-7-8-16)26(38-33-25)21-14-22(37-32-21)28(30,31)27(2,3)4/h5-6,11,14,16,18H,7-10,12-13H2,1-4H3,(H,35,36)/t18-/m0/s1. The topological polar surface area (TPSA) is 106 Å². The van der Waals surface area contributed by atoms with Crippen molar-refractivity contribution in [3.05, 3.63) is 57.4 Å². The summed E-state index contributed by atoms with van der Waals surface area (Å²) in [6, 6.07) is 6.64. The van der Waals surface area contributed by atoms with Gasteiger partial charge in [-0.05, 0) is 49.3 Å². The Morgan fingerprint density at radius 1 is 1.16 bits per heavy atom. The zero-order valence-corrected chi connectivity index (χ0v) is 22.6. The number of carbonyl (C=O) groups is 2. The van der Waals surface area contributed by atoms with Crippen LogP contribution >= 0.6 is 11.6 Å². The number of benzene rings is 1. The first-order valence-electron chi connectivity index (χ1n) is 12.6. The highest BCUT2D eigenvalue weighted by atomic mass is 35.5. The van der Waals surface area contributed by atoms with Crippen molar-refractivity contribution in [1.82, 2.24) is 10.3 Å². The fourth-order valence-corrected chi connectivity index (χ4v) is 4.75. The van der Waals surface area contributed by atoms with E-state index < -0.39 is 29.0 Å². The van der Waals surface area contributed by atoms with Crippen molar-refractivity contribution >= 4 is 23.4 Å². The predicted octanol–water partition coefficient (Wildman–Crippen LogP) is 7.46. The van der Waals surface area contributed by atoms with Gasteiger partial charge in [-0.25, -0.2) is 0 Å². The van der Waals surface area contributed by atoms with E-state index in [1.54, 1.807) is 12.1 Å². The quantitative estimate of drug-likeness (QED) is 0.265. The molecule has 0 radical (unpaired) electrons. The fourth-order valence-electron chi connectivity index (χ4n) is 4.44. The summed E-state index contributed by atoms with van der Waals surface area (Å²) in [5.41, 5.74) is 1.53. The molecule has 1 aliphatic carbocycles. The number of hydrogen-bond donors (Lipinski definition) is 1. The molecular weight excluding hydrogens is 518 g/mol. The van der Waals surface area contributed by atoms with Crippen LogP contribution in [0.1, 0.15) is 92.9 Å². The van der Waals surface area contributed by atoms with E-state index in [4.69, 9.17) is 20.6 Å². The molecular formula is C28H31ClF2N2O5. The molecule has 0 spiro atoms. The molecule has 2 heterocycles. The number of carboxylic acid groups (broad SMARTS) is 1. The van der Waals surface area contributed by atoms with Gasteiger partial charge in [-0.2, -0.15) is 8.78 Å². The number of carboxylic acids is 1. The summed E-state index contributed by atoms with van der Waals surface area (Å²) in [6.07, 6.45) is 1.81. The lowest BCUT2D eigenvalue weighted by molar-refractivity contribution is -0.137. The molecule has 3 aromatic rings. The molecule has 1 N–H and O–H groups in total. The molecule has 1 aliphatic rings. The highest BCUT2D eigenvalue weighted by Crippen LogP contribution is 2.50. The van der Waals surface area contributed by atoms with Crippen molar-refractivity contribution in [3.63, 3.8) is 0 Å². The normalized spacial score (nSPS) is 15.0. The Kier molecular flexibility index (Phi) is 7.79. The average molecular weight is 549 g/mol. The van der Waals surface area contributed by atoms with E-state index in [9.17, 15) is 23.5 Å². The van der Waals surface area contributed by atoms with Gasteiger partial charge in [0, 0.05) is 47.2 Å². The molecule has 0 aliphatic heterocycles. The largest absolute Gasteiger partial charge is 0.481 e. The minimum atomic E-state index is -3.27. The molecule has 38 heavy (non-hydrogen) atoms. The average Bonchev–Trinajstić information content (AvgIpc) is 3.35. The smallest absolute Gasteiger partial charge is 0.312 e. The maximum absolute atomic E-state index is 14.9. The lowest BCUT2D eigenvalue weighted by Gasteiger charge is -2.27. The first kappa shape index (κ1) is 28.0. The molecule has 1 saturated carbocycles. The fraction of sp³-hybridized carbons (Fsp3) is 0.500. The second-order valence-electron chi connectivity index (χ2n) is 11.1. The zero-order valence-electron chi connectivity index (χ0n) is 21.8. The first-order valence-corrected chi connectivity index (χ1v) is 13.0. The van der Waals surface area contributed by atoms with Crippen LogP contribution in [0.2, 0.25) is 5.02 Å². The lowest BCUT2D eigenvalue weighted by Crippen LogP contribution is -2.30. The monoisotopic (exact) mass is 548 g/mol. The molecule has 0 saturated heterocycles. The summed E-state index contributed by atoms with van der Waals surface area (Å²) in [7, 11) is 0. The minimum Gasteiger partial charge on any atom is -0.481 e. The minimum absolute atomic E-state index is 0.0370. The number of Topliss-reactive ketones (excluding diaryl/α,β-unsaturated/α-hetero) is 1. The predicted molar refractivity (Wildman–Crippen MR) is 136 cm³/mol. The van der Waals surface area contributed by atoms with E-state index in [0.717, 1.165) is 24.5 Å². The third-order valence-corrected chi connectivity index (χ3v) is 7.25. The zero-order chi connectivity index (χ0) is 27.8. The van der Waals surface area contributed by atoms with Crippen LogP contribution in [0, 0.1) is 12.3 Å². The van der Waals surface area contributed by atoms with Crippen LogP contribution in [0.5, 0.6) is 0 Å². The van der Waals surface area contributed by atoms with Gasteiger partial charge in [-0.1, -0.05) is 54.8 Å². The van der Waals surface area contributed by atoms with Gasteiger partial charge in [0.2, 0.25) is 5.76 Å². The number of alkyl halides is 2. The van der Waals surface area contributed by atoms with Crippen molar-refractivity contribution in [2.24, 2.45) is 5.41 Å². The number of rotatable bonds is 11. The van der Waals surface area contributed by atoms with Crippen LogP contribution in [0.4, 0.5) is 8.78 Å². The number of aromatic nitrogens is 2. The molecule has 0 amide bonds. The van der Waals surface area contributed by atoms with Crippen LogP contribution < -0.4 is 0 Å². The van der Waals surface area contributed by atoms with Crippen LogP contribution in [0.25, 0.3) is 11.5 Å². The first-order chi connectivity index (χ1) is 17.8. The van der Waals surface area contributed by atoms with Crippen molar-refractivity contribution < 1.29 is 32.5 Å². The third kappa shape index (κ3) is 5.98. The van der Waals surface area contributed by atoms with E-state index in [1.807, 2.05) is 13.0 Å². The second-order valence-corrected chi connectivity index (χ2v) is 11.5. The van der Waals surface area contributed by atoms with Gasteiger partial charge in [0.1, 0.15) is 5.78 Å². The number of hydrogen-bond acceptors (Lipinski definition) is 6. The van der Waals surface area contributed by atoms with Crippen LogP contribution in [-0.2, 0) is 21.9 Å². The molecule has 0 unspecified atom stereocenters. The Hall–Kier alpha value is -3.07. The number of halogens is 3. The van der Waals surface area contributed by atoms with Gasteiger partial charge in [-0.3, -0.25) is 9.59 Å². The van der Waals surface area contributed by atoms with Gasteiger partial charge in [0.15, 0.2) is 11.5 Å². The summed E-state index contributed by atoms with van der Waals surface area (Å²) in [6.45, 7) is 6.13. The molecule has 7 nitrogen and oxygen atoms in total. The Morgan fingerprint density at radius 2 is 1.87 bits per heavy atom. The van der Waals surface area contributed by atoms with Crippen molar-refractivity contribution in [1.29, 1.82) is 0 Å². The molecule has 1 fully saturated rings.